The van der Waals surface area contributed by atoms with Crippen LogP contribution in [0.5, 0.6) is 5.75 Å². The standard InChI is InChI=1S/C17H28ClNO4/c1-14(2)22-9-3-8-19-12-16(20)13-21-10-11-23-17-6-4-15(18)5-7-17/h4-7,14,16,19-20H,3,8-13H2,1-2H3/t16-/m0/s1. The van der Waals surface area contributed by atoms with Crippen molar-refractivity contribution in [2.24, 2.45) is 0 Å². The third-order valence-electron chi connectivity index (χ3n) is 2.95. The van der Waals surface area contributed by atoms with Crippen molar-refractivity contribution in [1.82, 2.24) is 5.32 Å². The van der Waals surface area contributed by atoms with Gasteiger partial charge in [0.15, 0.2) is 0 Å². The van der Waals surface area contributed by atoms with Gasteiger partial charge in [0.2, 0.25) is 0 Å². The quantitative estimate of drug-likeness (QED) is 0.538. The van der Waals surface area contributed by atoms with Gasteiger partial charge in [-0.2, -0.15) is 0 Å². The van der Waals surface area contributed by atoms with E-state index < -0.39 is 6.10 Å². The third kappa shape index (κ3) is 11.3. The highest BCUT2D eigenvalue weighted by atomic mass is 35.5. The maximum Gasteiger partial charge on any atom is 0.119 e. The van der Waals surface area contributed by atoms with Crippen molar-refractivity contribution in [3.8, 4) is 5.75 Å². The summed E-state index contributed by atoms with van der Waals surface area (Å²) in [6.07, 6.45) is 0.682. The number of hydrogen-bond acceptors (Lipinski definition) is 5. The molecular weight excluding hydrogens is 318 g/mol. The van der Waals surface area contributed by atoms with E-state index in [1.54, 1.807) is 12.1 Å². The van der Waals surface area contributed by atoms with Gasteiger partial charge in [0.05, 0.1) is 25.4 Å². The lowest BCUT2D eigenvalue weighted by Gasteiger charge is -2.13. The van der Waals surface area contributed by atoms with Crippen molar-refractivity contribution in [3.63, 3.8) is 0 Å². The summed E-state index contributed by atoms with van der Waals surface area (Å²) in [4.78, 5) is 0. The fourth-order valence-corrected chi connectivity index (χ4v) is 1.94. The number of ether oxygens (including phenoxy) is 3. The Kier molecular flexibility index (Phi) is 11.0. The van der Waals surface area contributed by atoms with Crippen LogP contribution in [0, 0.1) is 0 Å². The van der Waals surface area contributed by atoms with Crippen LogP contribution in [0.2, 0.25) is 5.02 Å². The summed E-state index contributed by atoms with van der Waals surface area (Å²) in [5.74, 6) is 0.754. The van der Waals surface area contributed by atoms with Crippen LogP contribution in [0.25, 0.3) is 0 Å². The van der Waals surface area contributed by atoms with Crippen molar-refractivity contribution < 1.29 is 19.3 Å². The summed E-state index contributed by atoms with van der Waals surface area (Å²) in [7, 11) is 0. The monoisotopic (exact) mass is 345 g/mol. The van der Waals surface area contributed by atoms with E-state index in [9.17, 15) is 5.11 Å². The lowest BCUT2D eigenvalue weighted by molar-refractivity contribution is 0.0246. The van der Waals surface area contributed by atoms with E-state index in [1.165, 1.54) is 0 Å². The second-order valence-electron chi connectivity index (χ2n) is 5.51. The molecule has 5 nitrogen and oxygen atoms in total. The second kappa shape index (κ2) is 12.6. The minimum atomic E-state index is -0.517. The van der Waals surface area contributed by atoms with Crippen molar-refractivity contribution >= 4 is 11.6 Å². The van der Waals surface area contributed by atoms with Crippen LogP contribution in [0.1, 0.15) is 20.3 Å². The summed E-state index contributed by atoms with van der Waals surface area (Å²) in [5, 5.41) is 13.6. The normalized spacial score (nSPS) is 12.6. The molecular formula is C17H28ClNO4. The lowest BCUT2D eigenvalue weighted by atomic mass is 10.3. The Balaban J connectivity index is 1.91. The maximum absolute atomic E-state index is 9.77. The van der Waals surface area contributed by atoms with Crippen LogP contribution >= 0.6 is 11.6 Å². The van der Waals surface area contributed by atoms with E-state index in [1.807, 2.05) is 26.0 Å². The van der Waals surface area contributed by atoms with E-state index in [4.69, 9.17) is 25.8 Å². The van der Waals surface area contributed by atoms with E-state index in [-0.39, 0.29) is 6.10 Å². The predicted molar refractivity (Wildman–Crippen MR) is 92.3 cm³/mol. The molecule has 0 aliphatic rings. The molecule has 1 rings (SSSR count). The molecule has 0 saturated heterocycles. The minimum Gasteiger partial charge on any atom is -0.491 e. The van der Waals surface area contributed by atoms with Crippen LogP contribution < -0.4 is 10.1 Å². The highest BCUT2D eigenvalue weighted by Gasteiger charge is 2.03. The van der Waals surface area contributed by atoms with Gasteiger partial charge in [-0.25, -0.2) is 0 Å². The molecule has 2 N–H and O–H groups in total. The first-order valence-corrected chi connectivity index (χ1v) is 8.42. The third-order valence-corrected chi connectivity index (χ3v) is 3.20. The van der Waals surface area contributed by atoms with Gasteiger partial charge < -0.3 is 24.6 Å². The van der Waals surface area contributed by atoms with Gasteiger partial charge in [0.25, 0.3) is 0 Å². The molecule has 0 heterocycles. The average Bonchev–Trinajstić information content (AvgIpc) is 2.52. The zero-order chi connectivity index (χ0) is 16.9. The molecule has 1 aromatic carbocycles. The van der Waals surface area contributed by atoms with E-state index in [0.29, 0.717) is 31.4 Å². The smallest absolute Gasteiger partial charge is 0.119 e. The van der Waals surface area contributed by atoms with Gasteiger partial charge in [0, 0.05) is 18.2 Å². The largest absolute Gasteiger partial charge is 0.491 e. The van der Waals surface area contributed by atoms with Crippen LogP contribution in [0.15, 0.2) is 24.3 Å². The zero-order valence-electron chi connectivity index (χ0n) is 14.0. The Morgan fingerprint density at radius 1 is 1.13 bits per heavy atom. The van der Waals surface area contributed by atoms with Gasteiger partial charge in [-0.3, -0.25) is 0 Å². The summed E-state index contributed by atoms with van der Waals surface area (Å²) in [6, 6.07) is 7.17. The fourth-order valence-electron chi connectivity index (χ4n) is 1.81. The van der Waals surface area contributed by atoms with Gasteiger partial charge in [-0.1, -0.05) is 11.6 Å². The molecule has 0 amide bonds. The SMILES string of the molecule is CC(C)OCCCNC[C@H](O)COCCOc1ccc(Cl)cc1. The highest BCUT2D eigenvalue weighted by Crippen LogP contribution is 2.15. The first-order chi connectivity index (χ1) is 11.1. The molecule has 1 atom stereocenters. The molecule has 0 radical (unpaired) electrons. The summed E-state index contributed by atoms with van der Waals surface area (Å²) in [5.41, 5.74) is 0. The van der Waals surface area contributed by atoms with Crippen LogP contribution in [0.4, 0.5) is 0 Å². The minimum absolute atomic E-state index is 0.268. The van der Waals surface area contributed by atoms with Crippen molar-refractivity contribution in [2.75, 3.05) is 39.5 Å². The Labute approximate surface area is 143 Å². The number of benzene rings is 1. The Bertz CT molecular complexity index is 400. The van der Waals surface area contributed by atoms with Gasteiger partial charge in [-0.15, -0.1) is 0 Å². The molecule has 132 valence electrons. The topological polar surface area (TPSA) is 60.0 Å². The van der Waals surface area contributed by atoms with Gasteiger partial charge >= 0.3 is 0 Å². The number of hydrogen-bond donors (Lipinski definition) is 2. The second-order valence-corrected chi connectivity index (χ2v) is 5.94. The predicted octanol–water partition coefficient (Wildman–Crippen LogP) is 2.50. The molecule has 0 aliphatic heterocycles. The lowest BCUT2D eigenvalue weighted by Crippen LogP contribution is -2.32. The molecule has 0 aromatic heterocycles. The Morgan fingerprint density at radius 3 is 2.57 bits per heavy atom. The molecule has 0 fully saturated rings. The van der Waals surface area contributed by atoms with E-state index in [0.717, 1.165) is 25.3 Å². The van der Waals surface area contributed by atoms with Gasteiger partial charge in [-0.05, 0) is 51.1 Å². The van der Waals surface area contributed by atoms with Crippen LogP contribution in [-0.2, 0) is 9.47 Å². The number of aliphatic hydroxyl groups is 1. The molecule has 0 saturated carbocycles. The number of halogens is 1. The molecule has 23 heavy (non-hydrogen) atoms. The van der Waals surface area contributed by atoms with Crippen molar-refractivity contribution in [1.29, 1.82) is 0 Å². The molecule has 0 spiro atoms. The Hall–Kier alpha value is -0.850. The molecule has 0 aliphatic carbocycles. The zero-order valence-corrected chi connectivity index (χ0v) is 14.7. The Morgan fingerprint density at radius 2 is 1.87 bits per heavy atom. The molecule has 1 aromatic rings. The maximum atomic E-state index is 9.77. The summed E-state index contributed by atoms with van der Waals surface area (Å²) in [6.45, 7) is 7.27. The molecule has 0 bridgehead atoms. The number of rotatable bonds is 13. The first kappa shape index (κ1) is 20.2. The van der Waals surface area contributed by atoms with E-state index in [2.05, 4.69) is 5.32 Å². The first-order valence-electron chi connectivity index (χ1n) is 8.04. The highest BCUT2D eigenvalue weighted by molar-refractivity contribution is 6.30. The fraction of sp³-hybridized carbons (Fsp3) is 0.647. The average molecular weight is 346 g/mol. The van der Waals surface area contributed by atoms with Gasteiger partial charge in [0.1, 0.15) is 12.4 Å². The van der Waals surface area contributed by atoms with Crippen molar-refractivity contribution in [3.05, 3.63) is 29.3 Å². The van der Waals surface area contributed by atoms with Crippen LogP contribution in [0.3, 0.4) is 0 Å². The molecule has 6 heteroatoms. The number of aliphatic hydroxyl groups excluding tert-OH is 1. The summed E-state index contributed by atoms with van der Waals surface area (Å²) < 4.78 is 16.3. The number of nitrogens with one attached hydrogen (secondary N) is 1. The molecule has 0 unspecified atom stereocenters. The van der Waals surface area contributed by atoms with E-state index >= 15 is 0 Å². The summed E-state index contributed by atoms with van der Waals surface area (Å²) >= 11 is 5.79. The van der Waals surface area contributed by atoms with Crippen LogP contribution in [-0.4, -0.2) is 56.8 Å². The van der Waals surface area contributed by atoms with Crippen molar-refractivity contribution in [2.45, 2.75) is 32.5 Å².